The third-order valence-corrected chi connectivity index (χ3v) is 3.23. The Morgan fingerprint density at radius 3 is 2.38 bits per heavy atom. The average molecular weight is 194 g/mol. The summed E-state index contributed by atoms with van der Waals surface area (Å²) in [5.41, 5.74) is 2.63. The van der Waals surface area contributed by atoms with Gasteiger partial charge in [0.15, 0.2) is 0 Å². The second-order valence-electron chi connectivity index (χ2n) is 3.37. The molecule has 0 atom stereocenters. The summed E-state index contributed by atoms with van der Waals surface area (Å²) in [6.07, 6.45) is 0. The molecule has 1 saturated heterocycles. The van der Waals surface area contributed by atoms with Gasteiger partial charge in [0.1, 0.15) is 0 Å². The van der Waals surface area contributed by atoms with E-state index >= 15 is 0 Å². The number of nitrogens with zero attached hydrogens (tertiary/aromatic N) is 2. The van der Waals surface area contributed by atoms with Crippen molar-refractivity contribution in [2.24, 2.45) is 0 Å². The minimum absolute atomic E-state index is 1.12. The molecule has 1 fully saturated rings. The van der Waals surface area contributed by atoms with Crippen molar-refractivity contribution in [3.63, 3.8) is 0 Å². The predicted octanol–water partition coefficient (Wildman–Crippen LogP) is 2.31. The van der Waals surface area contributed by atoms with Crippen LogP contribution >= 0.6 is 12.1 Å². The van der Waals surface area contributed by atoms with E-state index < -0.39 is 0 Å². The van der Waals surface area contributed by atoms with Crippen molar-refractivity contribution in [2.45, 2.75) is 6.92 Å². The van der Waals surface area contributed by atoms with Gasteiger partial charge in [-0.3, -0.25) is 0 Å². The van der Waals surface area contributed by atoms with Crippen LogP contribution in [0.5, 0.6) is 0 Å². The summed E-state index contributed by atoms with van der Waals surface area (Å²) in [6.45, 7) is 4.37. The SMILES string of the molecule is Cc1ccc(N2CCN(C)S2)cc1. The van der Waals surface area contributed by atoms with Crippen LogP contribution in [0.15, 0.2) is 24.3 Å². The second kappa shape index (κ2) is 3.60. The Morgan fingerprint density at radius 2 is 1.85 bits per heavy atom. The quantitative estimate of drug-likeness (QED) is 0.633. The van der Waals surface area contributed by atoms with Crippen LogP contribution in [-0.4, -0.2) is 24.4 Å². The summed E-state index contributed by atoms with van der Waals surface area (Å²) in [7, 11) is 2.12. The molecule has 1 aliphatic heterocycles. The van der Waals surface area contributed by atoms with E-state index in [2.05, 4.69) is 46.8 Å². The van der Waals surface area contributed by atoms with Crippen LogP contribution in [0.1, 0.15) is 5.56 Å². The Hall–Kier alpha value is -0.670. The molecule has 1 aromatic carbocycles. The molecular formula is C10H14N2S. The van der Waals surface area contributed by atoms with Crippen LogP contribution in [0, 0.1) is 6.92 Å². The lowest BCUT2D eigenvalue weighted by Crippen LogP contribution is -2.09. The van der Waals surface area contributed by atoms with E-state index in [1.54, 1.807) is 12.1 Å². The molecule has 70 valence electrons. The normalized spacial score (nSPS) is 18.2. The number of likely N-dealkylation sites (N-methyl/N-ethyl adjacent to an activating group) is 1. The van der Waals surface area contributed by atoms with Gasteiger partial charge in [0, 0.05) is 30.9 Å². The number of rotatable bonds is 1. The van der Waals surface area contributed by atoms with Gasteiger partial charge in [-0.2, -0.15) is 0 Å². The molecule has 3 heteroatoms. The fourth-order valence-corrected chi connectivity index (χ4v) is 2.25. The van der Waals surface area contributed by atoms with Crippen LogP contribution in [0.25, 0.3) is 0 Å². The van der Waals surface area contributed by atoms with Crippen LogP contribution in [0.3, 0.4) is 0 Å². The lowest BCUT2D eigenvalue weighted by atomic mass is 10.2. The smallest absolute Gasteiger partial charge is 0.0482 e. The fraction of sp³-hybridized carbons (Fsp3) is 0.400. The van der Waals surface area contributed by atoms with Crippen molar-refractivity contribution in [1.29, 1.82) is 0 Å². The van der Waals surface area contributed by atoms with Gasteiger partial charge in [0.05, 0.1) is 0 Å². The van der Waals surface area contributed by atoms with E-state index in [4.69, 9.17) is 0 Å². The van der Waals surface area contributed by atoms with Gasteiger partial charge in [-0.1, -0.05) is 17.7 Å². The molecule has 1 aromatic rings. The summed E-state index contributed by atoms with van der Waals surface area (Å²) < 4.78 is 4.57. The highest BCUT2D eigenvalue weighted by Gasteiger charge is 2.17. The molecule has 1 aliphatic rings. The number of anilines is 1. The molecule has 0 unspecified atom stereocenters. The van der Waals surface area contributed by atoms with Crippen LogP contribution < -0.4 is 4.31 Å². The number of aryl methyl sites for hydroxylation is 1. The third kappa shape index (κ3) is 1.98. The van der Waals surface area contributed by atoms with Crippen molar-refractivity contribution >= 4 is 17.8 Å². The molecule has 0 radical (unpaired) electrons. The molecule has 0 bridgehead atoms. The van der Waals surface area contributed by atoms with Gasteiger partial charge < -0.3 is 4.31 Å². The second-order valence-corrected chi connectivity index (χ2v) is 4.60. The van der Waals surface area contributed by atoms with Crippen molar-refractivity contribution in [2.75, 3.05) is 24.4 Å². The van der Waals surface area contributed by atoms with Gasteiger partial charge in [-0.15, -0.1) is 0 Å². The zero-order valence-corrected chi connectivity index (χ0v) is 8.84. The summed E-state index contributed by atoms with van der Waals surface area (Å²) >= 11 is 1.79. The molecule has 0 aromatic heterocycles. The van der Waals surface area contributed by atoms with Crippen molar-refractivity contribution < 1.29 is 0 Å². The predicted molar refractivity (Wildman–Crippen MR) is 58.7 cm³/mol. The largest absolute Gasteiger partial charge is 0.302 e. The van der Waals surface area contributed by atoms with E-state index in [1.807, 2.05) is 0 Å². The molecular weight excluding hydrogens is 180 g/mol. The fourth-order valence-electron chi connectivity index (χ4n) is 1.37. The van der Waals surface area contributed by atoms with E-state index in [-0.39, 0.29) is 0 Å². The highest BCUT2D eigenvalue weighted by Crippen LogP contribution is 2.28. The lowest BCUT2D eigenvalue weighted by Gasteiger charge is -2.15. The Kier molecular flexibility index (Phi) is 2.47. The first-order valence-corrected chi connectivity index (χ1v) is 5.22. The van der Waals surface area contributed by atoms with Crippen LogP contribution in [-0.2, 0) is 0 Å². The van der Waals surface area contributed by atoms with Gasteiger partial charge in [-0.05, 0) is 26.1 Å². The molecule has 13 heavy (non-hydrogen) atoms. The van der Waals surface area contributed by atoms with Crippen LogP contribution in [0.2, 0.25) is 0 Å². The maximum atomic E-state index is 2.32. The van der Waals surface area contributed by atoms with E-state index in [0.29, 0.717) is 0 Å². The lowest BCUT2D eigenvalue weighted by molar-refractivity contribution is 0.614. The Bertz CT molecular complexity index is 283. The summed E-state index contributed by atoms with van der Waals surface area (Å²) in [4.78, 5) is 0. The van der Waals surface area contributed by atoms with E-state index in [9.17, 15) is 0 Å². The highest BCUT2D eigenvalue weighted by molar-refractivity contribution is 7.98. The molecule has 0 aliphatic carbocycles. The number of hydrogen-bond donors (Lipinski definition) is 0. The molecule has 0 N–H and O–H groups in total. The van der Waals surface area contributed by atoms with Gasteiger partial charge in [-0.25, -0.2) is 4.31 Å². The van der Waals surface area contributed by atoms with Crippen molar-refractivity contribution in [3.8, 4) is 0 Å². The van der Waals surface area contributed by atoms with E-state index in [0.717, 1.165) is 13.1 Å². The minimum Gasteiger partial charge on any atom is -0.302 e. The summed E-state index contributed by atoms with van der Waals surface area (Å²) in [6, 6.07) is 8.69. The first-order chi connectivity index (χ1) is 6.25. The standard InChI is InChI=1S/C10H14N2S/c1-9-3-5-10(6-4-9)12-8-7-11(2)13-12/h3-6H,7-8H2,1-2H3. The Morgan fingerprint density at radius 1 is 1.15 bits per heavy atom. The molecule has 0 saturated carbocycles. The molecule has 1 heterocycles. The number of benzene rings is 1. The molecule has 2 nitrogen and oxygen atoms in total. The zero-order valence-electron chi connectivity index (χ0n) is 8.03. The minimum atomic E-state index is 1.12. The maximum absolute atomic E-state index is 2.32. The topological polar surface area (TPSA) is 6.48 Å². The van der Waals surface area contributed by atoms with E-state index in [1.165, 1.54) is 11.3 Å². The third-order valence-electron chi connectivity index (χ3n) is 2.18. The maximum Gasteiger partial charge on any atom is 0.0482 e. The summed E-state index contributed by atoms with van der Waals surface area (Å²) in [5, 5.41) is 0. The van der Waals surface area contributed by atoms with Crippen LogP contribution in [0.4, 0.5) is 5.69 Å². The molecule has 2 rings (SSSR count). The van der Waals surface area contributed by atoms with Gasteiger partial charge >= 0.3 is 0 Å². The van der Waals surface area contributed by atoms with Gasteiger partial charge in [0.25, 0.3) is 0 Å². The monoisotopic (exact) mass is 194 g/mol. The highest BCUT2D eigenvalue weighted by atomic mass is 32.2. The first-order valence-electron chi connectivity index (χ1n) is 4.49. The zero-order chi connectivity index (χ0) is 9.26. The molecule has 0 amide bonds. The Labute approximate surface area is 83.8 Å². The number of hydrogen-bond acceptors (Lipinski definition) is 3. The van der Waals surface area contributed by atoms with Crippen molar-refractivity contribution in [1.82, 2.24) is 4.31 Å². The first kappa shape index (κ1) is 8.91. The van der Waals surface area contributed by atoms with Gasteiger partial charge in [0.2, 0.25) is 0 Å². The molecule has 0 spiro atoms. The average Bonchev–Trinajstić information content (AvgIpc) is 2.53. The Balaban J connectivity index is 2.13. The summed E-state index contributed by atoms with van der Waals surface area (Å²) in [5.74, 6) is 0. The van der Waals surface area contributed by atoms with Crippen molar-refractivity contribution in [3.05, 3.63) is 29.8 Å².